The molecule has 2 unspecified atom stereocenters. The third-order valence-electron chi connectivity index (χ3n) is 2.41. The van der Waals surface area contributed by atoms with Crippen molar-refractivity contribution in [2.75, 3.05) is 5.32 Å². The van der Waals surface area contributed by atoms with Crippen molar-refractivity contribution >= 4 is 11.6 Å². The molecule has 1 aliphatic carbocycles. The Balaban J connectivity index is 1.97. The van der Waals surface area contributed by atoms with Crippen LogP contribution < -0.4 is 5.32 Å². The van der Waals surface area contributed by atoms with E-state index in [0.29, 0.717) is 6.42 Å². The highest BCUT2D eigenvalue weighted by Crippen LogP contribution is 2.31. The Kier molecular flexibility index (Phi) is 2.25. The number of carbonyl (C=O) groups is 1. The molecule has 3 heteroatoms. The van der Waals surface area contributed by atoms with Gasteiger partial charge in [0.2, 0.25) is 5.91 Å². The summed E-state index contributed by atoms with van der Waals surface area (Å²) in [6.45, 7) is 2.00. The normalized spacial score (nSPS) is 24.4. The van der Waals surface area contributed by atoms with Gasteiger partial charge >= 0.3 is 0 Å². The van der Waals surface area contributed by atoms with E-state index >= 15 is 0 Å². The molecule has 2 atom stereocenters. The molecule has 0 spiro atoms. The van der Waals surface area contributed by atoms with E-state index in [0.717, 1.165) is 11.3 Å². The quantitative estimate of drug-likeness (QED) is 0.740. The van der Waals surface area contributed by atoms with Crippen LogP contribution in [0.2, 0.25) is 0 Å². The van der Waals surface area contributed by atoms with Crippen LogP contribution in [-0.2, 0) is 4.79 Å². The van der Waals surface area contributed by atoms with Crippen molar-refractivity contribution in [2.24, 2.45) is 5.92 Å². The lowest BCUT2D eigenvalue weighted by atomic mass is 10.2. The highest BCUT2D eigenvalue weighted by Gasteiger charge is 2.41. The van der Waals surface area contributed by atoms with E-state index in [-0.39, 0.29) is 11.8 Å². The third kappa shape index (κ3) is 1.93. The molecule has 0 saturated heterocycles. The third-order valence-corrected chi connectivity index (χ3v) is 2.41. The Morgan fingerprint density at radius 1 is 1.43 bits per heavy atom. The summed E-state index contributed by atoms with van der Waals surface area (Å²) in [5, 5.41) is 11.8. The van der Waals surface area contributed by atoms with Gasteiger partial charge in [-0.2, -0.15) is 0 Å². The van der Waals surface area contributed by atoms with E-state index in [1.165, 1.54) is 0 Å². The molecule has 1 aliphatic rings. The highest BCUT2D eigenvalue weighted by molar-refractivity contribution is 5.94. The molecule has 1 fully saturated rings. The Labute approximate surface area is 82.8 Å². The number of aliphatic hydroxyl groups excluding tert-OH is 1. The Bertz CT molecular complexity index is 345. The van der Waals surface area contributed by atoms with Crippen molar-refractivity contribution in [3.05, 3.63) is 29.8 Å². The van der Waals surface area contributed by atoms with Gasteiger partial charge in [0.15, 0.2) is 0 Å². The van der Waals surface area contributed by atoms with E-state index < -0.39 is 6.10 Å². The summed E-state index contributed by atoms with van der Waals surface area (Å²) in [5.41, 5.74) is 1.95. The second-order valence-corrected chi connectivity index (χ2v) is 3.76. The van der Waals surface area contributed by atoms with Crippen molar-refractivity contribution in [3.8, 4) is 0 Å². The second-order valence-electron chi connectivity index (χ2n) is 3.76. The van der Waals surface area contributed by atoms with E-state index in [1.807, 2.05) is 31.2 Å². The topological polar surface area (TPSA) is 49.3 Å². The molecule has 3 nitrogen and oxygen atoms in total. The summed E-state index contributed by atoms with van der Waals surface area (Å²) >= 11 is 0. The van der Waals surface area contributed by atoms with Gasteiger partial charge in [-0.3, -0.25) is 4.79 Å². The zero-order valence-corrected chi connectivity index (χ0v) is 8.03. The zero-order chi connectivity index (χ0) is 10.1. The zero-order valence-electron chi connectivity index (χ0n) is 8.03. The Hall–Kier alpha value is -1.35. The molecular weight excluding hydrogens is 178 g/mol. The maximum atomic E-state index is 11.4. The summed E-state index contributed by atoms with van der Waals surface area (Å²) in [7, 11) is 0. The smallest absolute Gasteiger partial charge is 0.230 e. The summed E-state index contributed by atoms with van der Waals surface area (Å²) in [6, 6.07) is 7.61. The monoisotopic (exact) mass is 191 g/mol. The van der Waals surface area contributed by atoms with Gasteiger partial charge < -0.3 is 10.4 Å². The first-order valence-electron chi connectivity index (χ1n) is 4.72. The van der Waals surface area contributed by atoms with Crippen LogP contribution in [0.1, 0.15) is 12.0 Å². The lowest BCUT2D eigenvalue weighted by Crippen LogP contribution is -2.15. The minimum atomic E-state index is -0.430. The van der Waals surface area contributed by atoms with Gasteiger partial charge in [0, 0.05) is 5.69 Å². The average molecular weight is 191 g/mol. The number of amides is 1. The van der Waals surface area contributed by atoms with Gasteiger partial charge in [0.25, 0.3) is 0 Å². The SMILES string of the molecule is Cc1ccc(NC(=O)C2CC2O)cc1. The molecule has 0 bridgehead atoms. The molecule has 0 aliphatic heterocycles. The van der Waals surface area contributed by atoms with Crippen molar-refractivity contribution in [1.82, 2.24) is 0 Å². The molecule has 0 heterocycles. The largest absolute Gasteiger partial charge is 0.392 e. The van der Waals surface area contributed by atoms with Crippen molar-refractivity contribution < 1.29 is 9.90 Å². The fourth-order valence-electron chi connectivity index (χ4n) is 1.34. The van der Waals surface area contributed by atoms with Gasteiger partial charge in [-0.25, -0.2) is 0 Å². The molecule has 14 heavy (non-hydrogen) atoms. The summed E-state index contributed by atoms with van der Waals surface area (Å²) in [4.78, 5) is 11.4. The predicted octanol–water partition coefficient (Wildman–Crippen LogP) is 1.31. The van der Waals surface area contributed by atoms with Crippen LogP contribution in [0.15, 0.2) is 24.3 Å². The molecule has 0 aromatic heterocycles. The standard InChI is InChI=1S/C11H13NO2/c1-7-2-4-8(5-3-7)12-11(14)9-6-10(9)13/h2-5,9-10,13H,6H2,1H3,(H,12,14). The van der Waals surface area contributed by atoms with Crippen molar-refractivity contribution in [1.29, 1.82) is 0 Å². The summed E-state index contributed by atoms with van der Waals surface area (Å²) in [6.07, 6.45) is 0.165. The number of aliphatic hydroxyl groups is 1. The summed E-state index contributed by atoms with van der Waals surface area (Å²) in [5.74, 6) is -0.280. The minimum absolute atomic E-state index is 0.0821. The molecule has 2 rings (SSSR count). The first kappa shape index (κ1) is 9.21. The van der Waals surface area contributed by atoms with Crippen molar-refractivity contribution in [3.63, 3.8) is 0 Å². The predicted molar refractivity (Wildman–Crippen MR) is 53.9 cm³/mol. The van der Waals surface area contributed by atoms with Crippen LogP contribution in [0.25, 0.3) is 0 Å². The fraction of sp³-hybridized carbons (Fsp3) is 0.364. The number of anilines is 1. The number of hydrogen-bond acceptors (Lipinski definition) is 2. The number of carbonyl (C=O) groups excluding carboxylic acids is 1. The molecule has 0 radical (unpaired) electrons. The minimum Gasteiger partial charge on any atom is -0.392 e. The number of benzene rings is 1. The number of aryl methyl sites for hydroxylation is 1. The van der Waals surface area contributed by atoms with Gasteiger partial charge in [-0.1, -0.05) is 17.7 Å². The van der Waals surface area contributed by atoms with Gasteiger partial charge in [-0.15, -0.1) is 0 Å². The second kappa shape index (κ2) is 3.42. The van der Waals surface area contributed by atoms with Crippen LogP contribution >= 0.6 is 0 Å². The number of nitrogens with one attached hydrogen (secondary N) is 1. The Morgan fingerprint density at radius 2 is 2.00 bits per heavy atom. The molecule has 1 amide bonds. The lowest BCUT2D eigenvalue weighted by molar-refractivity contribution is -0.117. The van der Waals surface area contributed by atoms with Crippen LogP contribution in [0.4, 0.5) is 5.69 Å². The molecular formula is C11H13NO2. The van der Waals surface area contributed by atoms with Gasteiger partial charge in [0.1, 0.15) is 0 Å². The number of hydrogen-bond donors (Lipinski definition) is 2. The van der Waals surface area contributed by atoms with E-state index in [2.05, 4.69) is 5.32 Å². The maximum absolute atomic E-state index is 11.4. The maximum Gasteiger partial charge on any atom is 0.230 e. The first-order valence-corrected chi connectivity index (χ1v) is 4.72. The van der Waals surface area contributed by atoms with E-state index in [1.54, 1.807) is 0 Å². The molecule has 1 aromatic carbocycles. The highest BCUT2D eigenvalue weighted by atomic mass is 16.3. The van der Waals surface area contributed by atoms with Gasteiger partial charge in [-0.05, 0) is 25.5 Å². The summed E-state index contributed by atoms with van der Waals surface area (Å²) < 4.78 is 0. The molecule has 1 saturated carbocycles. The van der Waals surface area contributed by atoms with Crippen LogP contribution in [-0.4, -0.2) is 17.1 Å². The number of rotatable bonds is 2. The van der Waals surface area contributed by atoms with Crippen LogP contribution in [0.3, 0.4) is 0 Å². The van der Waals surface area contributed by atoms with Gasteiger partial charge in [0.05, 0.1) is 12.0 Å². The Morgan fingerprint density at radius 3 is 2.50 bits per heavy atom. The van der Waals surface area contributed by atoms with Crippen molar-refractivity contribution in [2.45, 2.75) is 19.4 Å². The first-order chi connectivity index (χ1) is 6.66. The molecule has 1 aromatic rings. The fourth-order valence-corrected chi connectivity index (χ4v) is 1.34. The van der Waals surface area contributed by atoms with E-state index in [9.17, 15) is 4.79 Å². The average Bonchev–Trinajstić information content (AvgIpc) is 2.87. The van der Waals surface area contributed by atoms with Crippen LogP contribution in [0, 0.1) is 12.8 Å². The molecule has 2 N–H and O–H groups in total. The molecule has 74 valence electrons. The lowest BCUT2D eigenvalue weighted by Gasteiger charge is -2.03. The van der Waals surface area contributed by atoms with E-state index in [4.69, 9.17) is 5.11 Å². The van der Waals surface area contributed by atoms with Crippen LogP contribution in [0.5, 0.6) is 0 Å².